The maximum Gasteiger partial charge on any atom is 0.232 e. The Morgan fingerprint density at radius 3 is 2.83 bits per heavy atom. The molecule has 0 aliphatic carbocycles. The van der Waals surface area contributed by atoms with Crippen molar-refractivity contribution in [2.45, 2.75) is 20.3 Å². The number of benzene rings is 1. The summed E-state index contributed by atoms with van der Waals surface area (Å²) >= 11 is 2.25. The van der Waals surface area contributed by atoms with Crippen LogP contribution in [0.3, 0.4) is 0 Å². The first kappa shape index (κ1) is 13.8. The third kappa shape index (κ3) is 2.69. The Labute approximate surface area is 122 Å². The van der Waals surface area contributed by atoms with Crippen LogP contribution in [0.5, 0.6) is 0 Å². The number of carbonyl (C=O) groups excluding carboxylic acids is 1. The van der Waals surface area contributed by atoms with Gasteiger partial charge in [-0.05, 0) is 59.7 Å². The van der Waals surface area contributed by atoms with Gasteiger partial charge >= 0.3 is 0 Å². The number of halogens is 1. The molecule has 1 unspecified atom stereocenters. The Balaban J connectivity index is 2.16. The maximum atomic E-state index is 12.5. The first-order chi connectivity index (χ1) is 8.54. The van der Waals surface area contributed by atoms with Crippen molar-refractivity contribution in [1.82, 2.24) is 5.32 Å². The van der Waals surface area contributed by atoms with E-state index in [0.29, 0.717) is 5.92 Å². The van der Waals surface area contributed by atoms with E-state index in [-0.39, 0.29) is 11.3 Å². The molecule has 1 aliphatic heterocycles. The molecule has 0 saturated carbocycles. The molecule has 1 aromatic carbocycles. The van der Waals surface area contributed by atoms with Gasteiger partial charge in [-0.25, -0.2) is 0 Å². The number of amides is 1. The second-order valence-electron chi connectivity index (χ2n) is 5.20. The molecule has 1 saturated heterocycles. The fourth-order valence-electron chi connectivity index (χ4n) is 2.48. The molecule has 98 valence electrons. The van der Waals surface area contributed by atoms with Crippen molar-refractivity contribution >= 4 is 34.2 Å². The predicted octanol–water partition coefficient (Wildman–Crippen LogP) is 2.87. The fourth-order valence-corrected chi connectivity index (χ4v) is 3.02. The summed E-state index contributed by atoms with van der Waals surface area (Å²) in [5, 5.41) is 6.37. The second kappa shape index (κ2) is 5.57. The third-order valence-electron chi connectivity index (χ3n) is 3.83. The minimum absolute atomic E-state index is 0.143. The van der Waals surface area contributed by atoms with Crippen LogP contribution >= 0.6 is 22.6 Å². The van der Waals surface area contributed by atoms with E-state index in [2.05, 4.69) is 47.1 Å². The highest BCUT2D eigenvalue weighted by molar-refractivity contribution is 14.1. The van der Waals surface area contributed by atoms with Gasteiger partial charge in [-0.15, -0.1) is 0 Å². The topological polar surface area (TPSA) is 41.1 Å². The maximum absolute atomic E-state index is 12.5. The lowest BCUT2D eigenvalue weighted by Gasteiger charge is -2.31. The summed E-state index contributed by atoms with van der Waals surface area (Å²) in [7, 11) is 0. The normalized spacial score (nSPS) is 23.3. The summed E-state index contributed by atoms with van der Waals surface area (Å²) in [5.41, 5.74) is 0.625. The van der Waals surface area contributed by atoms with E-state index in [1.165, 1.54) is 0 Å². The monoisotopic (exact) mass is 358 g/mol. The zero-order valence-corrected chi connectivity index (χ0v) is 13.0. The molecule has 1 amide bonds. The van der Waals surface area contributed by atoms with Crippen molar-refractivity contribution in [3.05, 3.63) is 27.8 Å². The van der Waals surface area contributed by atoms with Crippen molar-refractivity contribution in [2.75, 3.05) is 18.4 Å². The average molecular weight is 358 g/mol. The molecule has 4 heteroatoms. The molecule has 0 radical (unpaired) electrons. The first-order valence-electron chi connectivity index (χ1n) is 6.32. The molecule has 2 N–H and O–H groups in total. The van der Waals surface area contributed by atoms with E-state index in [0.717, 1.165) is 28.8 Å². The molecule has 1 aliphatic rings. The molecule has 1 heterocycles. The van der Waals surface area contributed by atoms with Crippen LogP contribution in [0.2, 0.25) is 0 Å². The quantitative estimate of drug-likeness (QED) is 0.816. The zero-order valence-electron chi connectivity index (χ0n) is 10.8. The number of hydrogen-bond donors (Lipinski definition) is 2. The van der Waals surface area contributed by atoms with Gasteiger partial charge in [0, 0.05) is 15.8 Å². The van der Waals surface area contributed by atoms with Crippen LogP contribution in [0.4, 0.5) is 5.69 Å². The summed E-state index contributed by atoms with van der Waals surface area (Å²) in [6, 6.07) is 7.92. The van der Waals surface area contributed by atoms with E-state index in [1.54, 1.807) is 0 Å². The second-order valence-corrected chi connectivity index (χ2v) is 6.45. The number of carbonyl (C=O) groups is 1. The molecule has 0 aromatic heterocycles. The van der Waals surface area contributed by atoms with Crippen LogP contribution in [-0.4, -0.2) is 19.0 Å². The van der Waals surface area contributed by atoms with Gasteiger partial charge in [0.1, 0.15) is 0 Å². The van der Waals surface area contributed by atoms with Crippen molar-refractivity contribution < 1.29 is 4.79 Å². The molecule has 1 fully saturated rings. The smallest absolute Gasteiger partial charge is 0.232 e. The van der Waals surface area contributed by atoms with Gasteiger partial charge in [-0.1, -0.05) is 19.9 Å². The van der Waals surface area contributed by atoms with Gasteiger partial charge in [0.15, 0.2) is 0 Å². The summed E-state index contributed by atoms with van der Waals surface area (Å²) in [6.07, 6.45) is 0.917. The van der Waals surface area contributed by atoms with Gasteiger partial charge in [-0.2, -0.15) is 0 Å². The highest BCUT2D eigenvalue weighted by Crippen LogP contribution is 2.35. The van der Waals surface area contributed by atoms with Gasteiger partial charge in [-0.3, -0.25) is 4.79 Å². The van der Waals surface area contributed by atoms with E-state index in [4.69, 9.17) is 0 Å². The summed E-state index contributed by atoms with van der Waals surface area (Å²) in [4.78, 5) is 12.5. The molecule has 1 aromatic rings. The lowest BCUT2D eigenvalue weighted by molar-refractivity contribution is -0.126. The fraction of sp³-hybridized carbons (Fsp3) is 0.500. The Morgan fingerprint density at radius 1 is 1.50 bits per heavy atom. The highest BCUT2D eigenvalue weighted by atomic mass is 127. The number of anilines is 1. The van der Waals surface area contributed by atoms with Gasteiger partial charge in [0.25, 0.3) is 0 Å². The number of rotatable bonds is 3. The average Bonchev–Trinajstić information content (AvgIpc) is 2.79. The van der Waals surface area contributed by atoms with Gasteiger partial charge in [0.05, 0.1) is 5.41 Å². The Bertz CT molecular complexity index is 439. The SMILES string of the molecule is CC(C)C1(C(=O)Nc2cccc(I)c2)CCNC1. The molecule has 3 nitrogen and oxygen atoms in total. The van der Waals surface area contributed by atoms with Crippen molar-refractivity contribution in [3.63, 3.8) is 0 Å². The van der Waals surface area contributed by atoms with Crippen molar-refractivity contribution in [3.8, 4) is 0 Å². The van der Waals surface area contributed by atoms with E-state index in [1.807, 2.05) is 24.3 Å². The minimum atomic E-state index is -0.263. The van der Waals surface area contributed by atoms with Gasteiger partial charge < -0.3 is 10.6 Å². The lowest BCUT2D eigenvalue weighted by Crippen LogP contribution is -2.42. The standard InChI is InChI=1S/C14H19IN2O/c1-10(2)14(6-7-16-9-14)13(18)17-12-5-3-4-11(15)8-12/h3-5,8,10,16H,6-7,9H2,1-2H3,(H,17,18). The molecular weight excluding hydrogens is 339 g/mol. The van der Waals surface area contributed by atoms with E-state index in [9.17, 15) is 4.79 Å². The van der Waals surface area contributed by atoms with Crippen LogP contribution in [0.25, 0.3) is 0 Å². The van der Waals surface area contributed by atoms with Crippen LogP contribution in [-0.2, 0) is 4.79 Å². The van der Waals surface area contributed by atoms with Crippen molar-refractivity contribution in [2.24, 2.45) is 11.3 Å². The van der Waals surface area contributed by atoms with Crippen LogP contribution in [0.15, 0.2) is 24.3 Å². The molecule has 18 heavy (non-hydrogen) atoms. The Morgan fingerprint density at radius 2 is 2.28 bits per heavy atom. The third-order valence-corrected chi connectivity index (χ3v) is 4.50. The van der Waals surface area contributed by atoms with Crippen LogP contribution in [0, 0.1) is 14.9 Å². The minimum Gasteiger partial charge on any atom is -0.326 e. The molecule has 2 rings (SSSR count). The molecule has 1 atom stereocenters. The Hall–Kier alpha value is -0.620. The Kier molecular flexibility index (Phi) is 4.27. The van der Waals surface area contributed by atoms with Gasteiger partial charge in [0.2, 0.25) is 5.91 Å². The largest absolute Gasteiger partial charge is 0.326 e. The molecule has 0 spiro atoms. The van der Waals surface area contributed by atoms with Crippen LogP contribution in [0.1, 0.15) is 20.3 Å². The van der Waals surface area contributed by atoms with Crippen molar-refractivity contribution in [1.29, 1.82) is 0 Å². The number of hydrogen-bond acceptors (Lipinski definition) is 2. The van der Waals surface area contributed by atoms with E-state index >= 15 is 0 Å². The number of nitrogens with one attached hydrogen (secondary N) is 2. The van der Waals surface area contributed by atoms with E-state index < -0.39 is 0 Å². The summed E-state index contributed by atoms with van der Waals surface area (Å²) in [5.74, 6) is 0.486. The van der Waals surface area contributed by atoms with Crippen LogP contribution < -0.4 is 10.6 Å². The predicted molar refractivity (Wildman–Crippen MR) is 82.5 cm³/mol. The lowest BCUT2D eigenvalue weighted by atomic mass is 9.75. The summed E-state index contributed by atoms with van der Waals surface area (Å²) in [6.45, 7) is 5.96. The first-order valence-corrected chi connectivity index (χ1v) is 7.40. The summed E-state index contributed by atoms with van der Waals surface area (Å²) < 4.78 is 1.13. The zero-order chi connectivity index (χ0) is 13.2. The molecular formula is C14H19IN2O. The molecule has 0 bridgehead atoms. The highest BCUT2D eigenvalue weighted by Gasteiger charge is 2.43.